The Hall–Kier alpha value is -3.36. The third-order valence-corrected chi connectivity index (χ3v) is 4.43. The number of esters is 2. The molecule has 162 valence electrons. The molecule has 2 heterocycles. The molecule has 1 amide bonds. The molecule has 0 fully saturated rings. The number of aromatic nitrogens is 1. The summed E-state index contributed by atoms with van der Waals surface area (Å²) in [6.07, 6.45) is 1.35. The molecule has 0 aliphatic rings. The van der Waals surface area contributed by atoms with Gasteiger partial charge in [-0.25, -0.2) is 9.59 Å². The average Bonchev–Trinajstić information content (AvgIpc) is 3.31. The lowest BCUT2D eigenvalue weighted by Crippen LogP contribution is -2.45. The van der Waals surface area contributed by atoms with Crippen LogP contribution >= 0.6 is 0 Å². The lowest BCUT2D eigenvalue weighted by Gasteiger charge is -2.20. The standard InChI is InChI=1S/C21H26N2O7/c1-6-28-20(26)17-13(5)22-12(4)16(17)14(24)10-30-21(27)18(11(2)3)23-19(25)15-8-7-9-29-15/h7-9,11,18,22H,6,10H2,1-5H3,(H,23,25)/t18-/m0/s1. The Morgan fingerprint density at radius 1 is 1.10 bits per heavy atom. The molecule has 0 radical (unpaired) electrons. The van der Waals surface area contributed by atoms with Gasteiger partial charge in [-0.15, -0.1) is 0 Å². The first-order chi connectivity index (χ1) is 14.2. The Morgan fingerprint density at radius 3 is 2.33 bits per heavy atom. The van der Waals surface area contributed by atoms with Gasteiger partial charge in [-0.3, -0.25) is 9.59 Å². The van der Waals surface area contributed by atoms with Crippen molar-refractivity contribution in [2.24, 2.45) is 5.92 Å². The third kappa shape index (κ3) is 5.16. The molecule has 0 spiro atoms. The van der Waals surface area contributed by atoms with Gasteiger partial charge in [-0.05, 0) is 38.8 Å². The molecule has 2 N–H and O–H groups in total. The van der Waals surface area contributed by atoms with E-state index in [1.54, 1.807) is 40.7 Å². The number of amides is 1. The maximum Gasteiger partial charge on any atom is 0.340 e. The highest BCUT2D eigenvalue weighted by Gasteiger charge is 2.30. The van der Waals surface area contributed by atoms with E-state index >= 15 is 0 Å². The molecule has 1 atom stereocenters. The molecular formula is C21H26N2O7. The number of Topliss-reactive ketones (excluding diaryl/α,β-unsaturated/α-hetero) is 1. The van der Waals surface area contributed by atoms with Gasteiger partial charge in [0.2, 0.25) is 5.78 Å². The van der Waals surface area contributed by atoms with Gasteiger partial charge in [-0.1, -0.05) is 13.8 Å². The number of ether oxygens (including phenoxy) is 2. The number of H-pyrrole nitrogens is 1. The predicted octanol–water partition coefficient (Wildman–Crippen LogP) is 2.58. The van der Waals surface area contributed by atoms with Crippen molar-refractivity contribution in [1.82, 2.24) is 10.3 Å². The van der Waals surface area contributed by atoms with E-state index < -0.39 is 36.3 Å². The van der Waals surface area contributed by atoms with E-state index in [2.05, 4.69) is 10.3 Å². The summed E-state index contributed by atoms with van der Waals surface area (Å²) in [5.74, 6) is -2.74. The fourth-order valence-electron chi connectivity index (χ4n) is 3.00. The second-order valence-corrected chi connectivity index (χ2v) is 7.05. The van der Waals surface area contributed by atoms with Crippen LogP contribution in [0.15, 0.2) is 22.8 Å². The van der Waals surface area contributed by atoms with E-state index in [9.17, 15) is 19.2 Å². The molecule has 2 rings (SSSR count). The van der Waals surface area contributed by atoms with Crippen molar-refractivity contribution in [3.8, 4) is 0 Å². The molecule has 0 aliphatic carbocycles. The predicted molar refractivity (Wildman–Crippen MR) is 106 cm³/mol. The summed E-state index contributed by atoms with van der Waals surface area (Å²) < 4.78 is 15.2. The minimum absolute atomic E-state index is 0.0574. The minimum atomic E-state index is -0.978. The van der Waals surface area contributed by atoms with Crippen molar-refractivity contribution in [3.63, 3.8) is 0 Å². The fourth-order valence-corrected chi connectivity index (χ4v) is 3.00. The van der Waals surface area contributed by atoms with E-state index in [0.29, 0.717) is 11.4 Å². The second-order valence-electron chi connectivity index (χ2n) is 7.05. The van der Waals surface area contributed by atoms with Crippen LogP contribution < -0.4 is 5.32 Å². The number of carbonyl (C=O) groups excluding carboxylic acids is 4. The molecule has 0 aromatic carbocycles. The zero-order valence-corrected chi connectivity index (χ0v) is 17.7. The van der Waals surface area contributed by atoms with Crippen LogP contribution in [0.5, 0.6) is 0 Å². The molecule has 2 aromatic heterocycles. The normalized spacial score (nSPS) is 11.8. The van der Waals surface area contributed by atoms with Crippen LogP contribution in [0.4, 0.5) is 0 Å². The van der Waals surface area contributed by atoms with Crippen LogP contribution in [0.25, 0.3) is 0 Å². The van der Waals surface area contributed by atoms with Crippen LogP contribution in [-0.4, -0.2) is 47.9 Å². The maximum atomic E-state index is 12.7. The Balaban J connectivity index is 2.10. The number of furan rings is 1. The molecular weight excluding hydrogens is 392 g/mol. The fraction of sp³-hybridized carbons (Fsp3) is 0.429. The minimum Gasteiger partial charge on any atom is -0.462 e. The van der Waals surface area contributed by atoms with E-state index in [4.69, 9.17) is 13.9 Å². The number of hydrogen-bond acceptors (Lipinski definition) is 7. The Morgan fingerprint density at radius 2 is 1.77 bits per heavy atom. The molecule has 0 saturated heterocycles. The van der Waals surface area contributed by atoms with Crippen molar-refractivity contribution in [3.05, 3.63) is 46.7 Å². The summed E-state index contributed by atoms with van der Waals surface area (Å²) in [4.78, 5) is 52.6. The van der Waals surface area contributed by atoms with Gasteiger partial charge in [-0.2, -0.15) is 0 Å². The molecule has 9 nitrogen and oxygen atoms in total. The molecule has 0 bridgehead atoms. The van der Waals surface area contributed by atoms with Gasteiger partial charge in [0.05, 0.1) is 24.0 Å². The number of carbonyl (C=O) groups is 4. The van der Waals surface area contributed by atoms with E-state index in [1.165, 1.54) is 12.3 Å². The van der Waals surface area contributed by atoms with Crippen LogP contribution in [0.2, 0.25) is 0 Å². The monoisotopic (exact) mass is 418 g/mol. The van der Waals surface area contributed by atoms with E-state index in [-0.39, 0.29) is 29.4 Å². The molecule has 0 aliphatic heterocycles. The van der Waals surface area contributed by atoms with Crippen molar-refractivity contribution < 1.29 is 33.1 Å². The highest BCUT2D eigenvalue weighted by molar-refractivity contribution is 6.09. The van der Waals surface area contributed by atoms with Gasteiger partial charge in [0.1, 0.15) is 6.04 Å². The Labute approximate surface area is 174 Å². The number of hydrogen-bond donors (Lipinski definition) is 2. The van der Waals surface area contributed by atoms with Crippen LogP contribution in [0, 0.1) is 19.8 Å². The summed E-state index contributed by atoms with van der Waals surface area (Å²) in [6.45, 7) is 8.01. The van der Waals surface area contributed by atoms with Crippen LogP contribution in [0.1, 0.15) is 63.4 Å². The zero-order chi connectivity index (χ0) is 22.4. The topological polar surface area (TPSA) is 128 Å². The highest BCUT2D eigenvalue weighted by atomic mass is 16.5. The molecule has 0 unspecified atom stereocenters. The van der Waals surface area contributed by atoms with Gasteiger partial charge in [0.25, 0.3) is 5.91 Å². The molecule has 30 heavy (non-hydrogen) atoms. The second kappa shape index (κ2) is 9.91. The van der Waals surface area contributed by atoms with E-state index in [0.717, 1.165) is 0 Å². The number of aromatic amines is 1. The smallest absolute Gasteiger partial charge is 0.340 e. The Kier molecular flexibility index (Phi) is 7.57. The van der Waals surface area contributed by atoms with Gasteiger partial charge >= 0.3 is 11.9 Å². The quantitative estimate of drug-likeness (QED) is 0.473. The first-order valence-electron chi connectivity index (χ1n) is 9.57. The number of nitrogens with one attached hydrogen (secondary N) is 2. The largest absolute Gasteiger partial charge is 0.462 e. The van der Waals surface area contributed by atoms with Gasteiger partial charge in [0.15, 0.2) is 12.4 Å². The summed E-state index contributed by atoms with van der Waals surface area (Å²) in [7, 11) is 0. The van der Waals surface area contributed by atoms with Crippen molar-refractivity contribution in [2.75, 3.05) is 13.2 Å². The summed E-state index contributed by atoms with van der Waals surface area (Å²) in [5, 5.41) is 2.55. The number of rotatable bonds is 9. The lowest BCUT2D eigenvalue weighted by atomic mass is 10.0. The van der Waals surface area contributed by atoms with Crippen LogP contribution in [0.3, 0.4) is 0 Å². The average molecular weight is 418 g/mol. The van der Waals surface area contributed by atoms with Crippen molar-refractivity contribution in [2.45, 2.75) is 40.7 Å². The third-order valence-electron chi connectivity index (χ3n) is 4.43. The highest BCUT2D eigenvalue weighted by Crippen LogP contribution is 2.20. The molecule has 2 aromatic rings. The Bertz CT molecular complexity index is 926. The first kappa shape index (κ1) is 22.9. The SMILES string of the molecule is CCOC(=O)c1c(C)[nH]c(C)c1C(=O)COC(=O)[C@@H](NC(=O)c1ccco1)C(C)C. The van der Waals surface area contributed by atoms with Crippen molar-refractivity contribution >= 4 is 23.6 Å². The number of ketones is 1. The summed E-state index contributed by atoms with van der Waals surface area (Å²) in [5.41, 5.74) is 1.22. The first-order valence-corrected chi connectivity index (χ1v) is 9.57. The molecule has 0 saturated carbocycles. The molecule has 9 heteroatoms. The van der Waals surface area contributed by atoms with Gasteiger partial charge in [0, 0.05) is 11.4 Å². The summed E-state index contributed by atoms with van der Waals surface area (Å²) in [6, 6.07) is 2.04. The number of aryl methyl sites for hydroxylation is 2. The van der Waals surface area contributed by atoms with Crippen LogP contribution in [-0.2, 0) is 14.3 Å². The maximum absolute atomic E-state index is 12.7. The zero-order valence-electron chi connectivity index (χ0n) is 17.7. The van der Waals surface area contributed by atoms with E-state index in [1.807, 2.05) is 0 Å². The van der Waals surface area contributed by atoms with Gasteiger partial charge < -0.3 is 24.2 Å². The van der Waals surface area contributed by atoms with Crippen molar-refractivity contribution in [1.29, 1.82) is 0 Å². The summed E-state index contributed by atoms with van der Waals surface area (Å²) >= 11 is 0. The lowest BCUT2D eigenvalue weighted by molar-refractivity contribution is -0.145.